The van der Waals surface area contributed by atoms with Crippen LogP contribution >= 0.6 is 0 Å². The number of carbonyl (C=O) groups is 1. The standard InChI is InChI=1S/C17H16F2N2O/c1-11-4-7-20-13(8-11)10-16(22)21-17(5-6-17)14-9-12(18)2-3-15(14)19/h2-4,7-9H,5-6,10H2,1H3,(H,21,22). The Kier molecular flexibility index (Phi) is 3.64. The highest BCUT2D eigenvalue weighted by Gasteiger charge is 2.47. The van der Waals surface area contributed by atoms with Crippen molar-refractivity contribution in [2.24, 2.45) is 0 Å². The number of nitrogens with one attached hydrogen (secondary N) is 1. The summed E-state index contributed by atoms with van der Waals surface area (Å²) in [5.41, 5.74) is 1.13. The van der Waals surface area contributed by atoms with E-state index in [1.54, 1.807) is 6.20 Å². The summed E-state index contributed by atoms with van der Waals surface area (Å²) in [6.45, 7) is 1.92. The highest BCUT2D eigenvalue weighted by Crippen LogP contribution is 2.46. The van der Waals surface area contributed by atoms with E-state index in [1.807, 2.05) is 19.1 Å². The number of halogens is 2. The second-order valence-electron chi connectivity index (χ2n) is 5.76. The maximum atomic E-state index is 13.9. The minimum absolute atomic E-state index is 0.125. The third-order valence-electron chi connectivity index (χ3n) is 3.89. The number of aromatic nitrogens is 1. The molecule has 0 unspecified atom stereocenters. The minimum atomic E-state index is -0.771. The van der Waals surface area contributed by atoms with Gasteiger partial charge >= 0.3 is 0 Å². The Bertz CT molecular complexity index is 726. The molecule has 2 aromatic rings. The van der Waals surface area contributed by atoms with Crippen LogP contribution in [0.2, 0.25) is 0 Å². The van der Waals surface area contributed by atoms with Gasteiger partial charge in [0.15, 0.2) is 0 Å². The average Bonchev–Trinajstić information content (AvgIpc) is 3.22. The molecule has 114 valence electrons. The van der Waals surface area contributed by atoms with Gasteiger partial charge in [-0.2, -0.15) is 0 Å². The van der Waals surface area contributed by atoms with E-state index < -0.39 is 17.2 Å². The van der Waals surface area contributed by atoms with Crippen LogP contribution in [0.4, 0.5) is 8.78 Å². The molecule has 0 atom stereocenters. The van der Waals surface area contributed by atoms with Crippen LogP contribution < -0.4 is 5.32 Å². The molecule has 1 N–H and O–H groups in total. The maximum absolute atomic E-state index is 13.9. The van der Waals surface area contributed by atoms with Gasteiger partial charge in [-0.05, 0) is 55.7 Å². The Morgan fingerprint density at radius 1 is 1.27 bits per heavy atom. The molecular formula is C17H16F2N2O. The van der Waals surface area contributed by atoms with E-state index in [2.05, 4.69) is 10.3 Å². The predicted octanol–water partition coefficient (Wildman–Crippen LogP) is 3.02. The summed E-state index contributed by atoms with van der Waals surface area (Å²) >= 11 is 0. The summed E-state index contributed by atoms with van der Waals surface area (Å²) in [6.07, 6.45) is 3.00. The number of aryl methyl sites for hydroxylation is 1. The molecule has 0 bridgehead atoms. The molecule has 1 saturated carbocycles. The molecule has 3 nitrogen and oxygen atoms in total. The summed E-state index contributed by atoms with van der Waals surface area (Å²) in [4.78, 5) is 16.3. The molecule has 1 aromatic carbocycles. The quantitative estimate of drug-likeness (QED) is 0.943. The Hall–Kier alpha value is -2.30. The zero-order chi connectivity index (χ0) is 15.7. The van der Waals surface area contributed by atoms with Gasteiger partial charge in [0, 0.05) is 17.5 Å². The minimum Gasteiger partial charge on any atom is -0.346 e. The van der Waals surface area contributed by atoms with Crippen molar-refractivity contribution in [3.8, 4) is 0 Å². The van der Waals surface area contributed by atoms with Crippen LogP contribution in [0.1, 0.15) is 29.7 Å². The summed E-state index contributed by atoms with van der Waals surface area (Å²) in [7, 11) is 0. The van der Waals surface area contributed by atoms with Gasteiger partial charge in [0.05, 0.1) is 12.0 Å². The smallest absolute Gasteiger partial charge is 0.226 e. The fourth-order valence-electron chi connectivity index (χ4n) is 2.62. The van der Waals surface area contributed by atoms with Gasteiger partial charge < -0.3 is 5.32 Å². The third kappa shape index (κ3) is 2.98. The molecule has 3 rings (SSSR count). The number of rotatable bonds is 4. The van der Waals surface area contributed by atoms with Gasteiger partial charge in [-0.15, -0.1) is 0 Å². The van der Waals surface area contributed by atoms with E-state index in [1.165, 1.54) is 0 Å². The lowest BCUT2D eigenvalue weighted by Gasteiger charge is -2.18. The second kappa shape index (κ2) is 5.48. The molecule has 1 aliphatic carbocycles. The molecule has 1 aliphatic rings. The van der Waals surface area contributed by atoms with Gasteiger partial charge in [-0.25, -0.2) is 8.78 Å². The first-order chi connectivity index (χ1) is 10.5. The first-order valence-corrected chi connectivity index (χ1v) is 7.17. The molecule has 1 fully saturated rings. The zero-order valence-electron chi connectivity index (χ0n) is 12.2. The second-order valence-corrected chi connectivity index (χ2v) is 5.76. The Balaban J connectivity index is 1.75. The van der Waals surface area contributed by atoms with Crippen molar-refractivity contribution < 1.29 is 13.6 Å². The highest BCUT2D eigenvalue weighted by atomic mass is 19.1. The lowest BCUT2D eigenvalue weighted by Crippen LogP contribution is -2.36. The topological polar surface area (TPSA) is 42.0 Å². The van der Waals surface area contributed by atoms with Crippen molar-refractivity contribution in [1.82, 2.24) is 10.3 Å². The Morgan fingerprint density at radius 3 is 2.73 bits per heavy atom. The van der Waals surface area contributed by atoms with Crippen molar-refractivity contribution in [3.63, 3.8) is 0 Å². The van der Waals surface area contributed by atoms with Crippen molar-refractivity contribution >= 4 is 5.91 Å². The number of hydrogen-bond acceptors (Lipinski definition) is 2. The summed E-state index contributed by atoms with van der Waals surface area (Å²) in [5.74, 6) is -1.23. The highest BCUT2D eigenvalue weighted by molar-refractivity contribution is 5.79. The fraction of sp³-hybridized carbons (Fsp3) is 0.294. The Labute approximate surface area is 127 Å². The molecule has 22 heavy (non-hydrogen) atoms. The van der Waals surface area contributed by atoms with Crippen LogP contribution in [-0.4, -0.2) is 10.9 Å². The normalized spacial score (nSPS) is 15.4. The summed E-state index contributed by atoms with van der Waals surface area (Å²) in [5, 5.41) is 2.83. The maximum Gasteiger partial charge on any atom is 0.226 e. The van der Waals surface area contributed by atoms with Crippen molar-refractivity contribution in [1.29, 1.82) is 0 Å². The van der Waals surface area contributed by atoms with E-state index in [0.29, 0.717) is 18.5 Å². The monoisotopic (exact) mass is 302 g/mol. The van der Waals surface area contributed by atoms with E-state index in [-0.39, 0.29) is 17.9 Å². The number of amides is 1. The van der Waals surface area contributed by atoms with Gasteiger partial charge in [-0.3, -0.25) is 9.78 Å². The third-order valence-corrected chi connectivity index (χ3v) is 3.89. The molecule has 0 spiro atoms. The van der Waals surface area contributed by atoms with Crippen LogP contribution in [0.5, 0.6) is 0 Å². The van der Waals surface area contributed by atoms with Crippen LogP contribution in [0.3, 0.4) is 0 Å². The predicted molar refractivity (Wildman–Crippen MR) is 78.1 cm³/mol. The molecule has 5 heteroatoms. The number of benzene rings is 1. The molecule has 1 aromatic heterocycles. The molecule has 0 saturated heterocycles. The lowest BCUT2D eigenvalue weighted by molar-refractivity contribution is -0.121. The van der Waals surface area contributed by atoms with Crippen molar-refractivity contribution in [2.45, 2.75) is 31.7 Å². The summed E-state index contributed by atoms with van der Waals surface area (Å²) < 4.78 is 27.2. The van der Waals surface area contributed by atoms with Crippen molar-refractivity contribution in [2.75, 3.05) is 0 Å². The van der Waals surface area contributed by atoms with Gasteiger partial charge in [0.25, 0.3) is 0 Å². The number of nitrogens with zero attached hydrogens (tertiary/aromatic N) is 1. The fourth-order valence-corrected chi connectivity index (χ4v) is 2.62. The average molecular weight is 302 g/mol. The molecule has 0 radical (unpaired) electrons. The van der Waals surface area contributed by atoms with Crippen LogP contribution in [0, 0.1) is 18.6 Å². The first-order valence-electron chi connectivity index (χ1n) is 7.17. The van der Waals surface area contributed by atoms with Gasteiger partial charge in [-0.1, -0.05) is 0 Å². The van der Waals surface area contributed by atoms with E-state index in [4.69, 9.17) is 0 Å². The van der Waals surface area contributed by atoms with Gasteiger partial charge in [0.2, 0.25) is 5.91 Å². The first kappa shape index (κ1) is 14.6. The van der Waals surface area contributed by atoms with Crippen LogP contribution in [0.15, 0.2) is 36.5 Å². The largest absolute Gasteiger partial charge is 0.346 e. The summed E-state index contributed by atoms with van der Waals surface area (Å²) in [6, 6.07) is 7.02. The van der Waals surface area contributed by atoms with Gasteiger partial charge in [0.1, 0.15) is 11.6 Å². The van der Waals surface area contributed by atoms with E-state index >= 15 is 0 Å². The molecule has 1 heterocycles. The number of pyridine rings is 1. The lowest BCUT2D eigenvalue weighted by atomic mass is 10.0. The zero-order valence-corrected chi connectivity index (χ0v) is 12.2. The Morgan fingerprint density at radius 2 is 2.05 bits per heavy atom. The van der Waals surface area contributed by atoms with Crippen molar-refractivity contribution in [3.05, 3.63) is 65.0 Å². The molecular weight excluding hydrogens is 286 g/mol. The molecule has 0 aliphatic heterocycles. The van der Waals surface area contributed by atoms with Crippen LogP contribution in [-0.2, 0) is 16.8 Å². The SMILES string of the molecule is Cc1ccnc(CC(=O)NC2(c3cc(F)ccc3F)CC2)c1. The molecule has 1 amide bonds. The number of carbonyl (C=O) groups excluding carboxylic acids is 1. The van der Waals surface area contributed by atoms with Crippen LogP contribution in [0.25, 0.3) is 0 Å². The number of hydrogen-bond donors (Lipinski definition) is 1. The van der Waals surface area contributed by atoms with E-state index in [0.717, 1.165) is 23.8 Å². The van der Waals surface area contributed by atoms with E-state index in [9.17, 15) is 13.6 Å².